The highest BCUT2D eigenvalue weighted by Gasteiger charge is 1.93. The molecule has 0 unspecified atom stereocenters. The number of hydrogen-bond donors (Lipinski definition) is 2. The summed E-state index contributed by atoms with van der Waals surface area (Å²) in [4.78, 5) is 0. The third-order valence-corrected chi connectivity index (χ3v) is 2.91. The Bertz CT molecular complexity index is 278. The molecular weight excluding hydrogens is 301 g/mol. The van der Waals surface area contributed by atoms with E-state index in [0.29, 0.717) is 6.61 Å². The Kier molecular flexibility index (Phi) is 6.76. The van der Waals surface area contributed by atoms with Crippen LogP contribution in [0, 0.1) is 3.57 Å². The van der Waals surface area contributed by atoms with Crippen LogP contribution in [0.15, 0.2) is 24.3 Å². The first-order valence-corrected chi connectivity index (χ1v) is 6.51. The fourth-order valence-electron chi connectivity index (χ4n) is 1.42. The first-order valence-electron chi connectivity index (χ1n) is 5.43. The van der Waals surface area contributed by atoms with Crippen LogP contribution < -0.4 is 5.32 Å². The van der Waals surface area contributed by atoms with Crippen LogP contribution in [0.1, 0.15) is 25.7 Å². The Morgan fingerprint density at radius 3 is 2.67 bits per heavy atom. The zero-order chi connectivity index (χ0) is 10.9. The number of aliphatic hydroxyl groups is 1. The van der Waals surface area contributed by atoms with Gasteiger partial charge >= 0.3 is 0 Å². The van der Waals surface area contributed by atoms with Crippen molar-refractivity contribution >= 4 is 28.3 Å². The van der Waals surface area contributed by atoms with Gasteiger partial charge in [-0.05, 0) is 53.6 Å². The van der Waals surface area contributed by atoms with Gasteiger partial charge in [-0.2, -0.15) is 0 Å². The van der Waals surface area contributed by atoms with E-state index in [4.69, 9.17) is 5.11 Å². The summed E-state index contributed by atoms with van der Waals surface area (Å²) < 4.78 is 1.26. The van der Waals surface area contributed by atoms with Crippen molar-refractivity contribution < 1.29 is 5.11 Å². The van der Waals surface area contributed by atoms with Crippen molar-refractivity contribution in [1.82, 2.24) is 0 Å². The van der Waals surface area contributed by atoms with Crippen LogP contribution in [-0.4, -0.2) is 18.3 Å². The fourth-order valence-corrected chi connectivity index (χ4v) is 1.96. The molecule has 0 saturated heterocycles. The number of rotatable bonds is 7. The van der Waals surface area contributed by atoms with Gasteiger partial charge in [-0.3, -0.25) is 0 Å². The average Bonchev–Trinajstić information content (AvgIpc) is 2.23. The maximum Gasteiger partial charge on any atom is 0.0431 e. The van der Waals surface area contributed by atoms with Gasteiger partial charge in [-0.25, -0.2) is 0 Å². The summed E-state index contributed by atoms with van der Waals surface area (Å²) in [5.41, 5.74) is 1.20. The van der Waals surface area contributed by atoms with Gasteiger partial charge < -0.3 is 10.4 Å². The van der Waals surface area contributed by atoms with E-state index in [9.17, 15) is 0 Å². The van der Waals surface area contributed by atoms with E-state index >= 15 is 0 Å². The molecular formula is C12H18INO. The van der Waals surface area contributed by atoms with E-state index in [1.807, 2.05) is 0 Å². The molecule has 2 N–H and O–H groups in total. The molecule has 0 aliphatic heterocycles. The summed E-state index contributed by atoms with van der Waals surface area (Å²) in [5, 5.41) is 12.0. The lowest BCUT2D eigenvalue weighted by Gasteiger charge is -2.06. The summed E-state index contributed by atoms with van der Waals surface area (Å²) in [6.45, 7) is 1.34. The van der Waals surface area contributed by atoms with Crippen molar-refractivity contribution in [3.8, 4) is 0 Å². The second kappa shape index (κ2) is 7.93. The predicted octanol–water partition coefficient (Wildman–Crippen LogP) is 3.26. The summed E-state index contributed by atoms with van der Waals surface area (Å²) >= 11 is 2.32. The van der Waals surface area contributed by atoms with Crippen molar-refractivity contribution in [1.29, 1.82) is 0 Å². The number of hydrogen-bond acceptors (Lipinski definition) is 2. The second-order valence-electron chi connectivity index (χ2n) is 3.57. The van der Waals surface area contributed by atoms with Gasteiger partial charge in [0.15, 0.2) is 0 Å². The molecule has 0 saturated carbocycles. The highest BCUT2D eigenvalue weighted by molar-refractivity contribution is 14.1. The molecule has 0 fully saturated rings. The Balaban J connectivity index is 2.10. The maximum atomic E-state index is 8.61. The monoisotopic (exact) mass is 319 g/mol. The van der Waals surface area contributed by atoms with Gasteiger partial charge in [-0.15, -0.1) is 0 Å². The van der Waals surface area contributed by atoms with Crippen LogP contribution in [-0.2, 0) is 0 Å². The summed E-state index contributed by atoms with van der Waals surface area (Å²) in [6, 6.07) is 8.40. The Morgan fingerprint density at radius 1 is 1.13 bits per heavy atom. The number of aliphatic hydroxyl groups excluding tert-OH is 1. The third-order valence-electron chi connectivity index (χ3n) is 2.24. The molecule has 1 aromatic rings. The number of anilines is 1. The lowest BCUT2D eigenvalue weighted by atomic mass is 10.2. The van der Waals surface area contributed by atoms with Gasteiger partial charge in [0.25, 0.3) is 0 Å². The molecule has 3 heteroatoms. The van der Waals surface area contributed by atoms with Crippen LogP contribution in [0.3, 0.4) is 0 Å². The second-order valence-corrected chi connectivity index (χ2v) is 4.82. The number of halogens is 1. The molecule has 0 heterocycles. The smallest absolute Gasteiger partial charge is 0.0431 e. The van der Waals surface area contributed by atoms with Crippen LogP contribution >= 0.6 is 22.6 Å². The predicted molar refractivity (Wildman–Crippen MR) is 73.2 cm³/mol. The topological polar surface area (TPSA) is 32.3 Å². The molecule has 1 rings (SSSR count). The van der Waals surface area contributed by atoms with E-state index in [2.05, 4.69) is 52.2 Å². The van der Waals surface area contributed by atoms with Gasteiger partial charge in [-0.1, -0.05) is 18.9 Å². The summed E-state index contributed by atoms with van der Waals surface area (Å²) in [5.74, 6) is 0. The average molecular weight is 319 g/mol. The van der Waals surface area contributed by atoms with E-state index in [1.165, 1.54) is 22.1 Å². The number of benzene rings is 1. The normalized spacial score (nSPS) is 10.3. The molecule has 1 aromatic carbocycles. The molecule has 0 amide bonds. The van der Waals surface area contributed by atoms with Crippen molar-refractivity contribution in [3.05, 3.63) is 27.8 Å². The third kappa shape index (κ3) is 5.99. The SMILES string of the molecule is OCCCCCCNc1cccc(I)c1. The van der Waals surface area contributed by atoms with Crippen LogP contribution in [0.2, 0.25) is 0 Å². The molecule has 2 nitrogen and oxygen atoms in total. The minimum atomic E-state index is 0.324. The van der Waals surface area contributed by atoms with Gasteiger partial charge in [0, 0.05) is 22.4 Å². The van der Waals surface area contributed by atoms with Crippen LogP contribution in [0.25, 0.3) is 0 Å². The van der Waals surface area contributed by atoms with Crippen LogP contribution in [0.5, 0.6) is 0 Å². The summed E-state index contributed by atoms with van der Waals surface area (Å²) in [6.07, 6.45) is 4.43. The quantitative estimate of drug-likeness (QED) is 0.597. The van der Waals surface area contributed by atoms with E-state index in [0.717, 1.165) is 19.4 Å². The lowest BCUT2D eigenvalue weighted by Crippen LogP contribution is -2.01. The molecule has 84 valence electrons. The zero-order valence-electron chi connectivity index (χ0n) is 8.88. The minimum absolute atomic E-state index is 0.324. The fraction of sp³-hybridized carbons (Fsp3) is 0.500. The van der Waals surface area contributed by atoms with Crippen LogP contribution in [0.4, 0.5) is 5.69 Å². The molecule has 0 aliphatic carbocycles. The Hall–Kier alpha value is -0.290. The Morgan fingerprint density at radius 2 is 1.93 bits per heavy atom. The minimum Gasteiger partial charge on any atom is -0.396 e. The molecule has 0 atom stereocenters. The summed E-state index contributed by atoms with van der Waals surface area (Å²) in [7, 11) is 0. The van der Waals surface area contributed by atoms with Gasteiger partial charge in [0.1, 0.15) is 0 Å². The first-order chi connectivity index (χ1) is 7.33. The molecule has 0 spiro atoms. The molecule has 0 aromatic heterocycles. The number of unbranched alkanes of at least 4 members (excludes halogenated alkanes) is 3. The van der Waals surface area contributed by atoms with E-state index in [-0.39, 0.29) is 0 Å². The van der Waals surface area contributed by atoms with E-state index < -0.39 is 0 Å². The molecule has 0 radical (unpaired) electrons. The van der Waals surface area contributed by atoms with Crippen molar-refractivity contribution in [2.45, 2.75) is 25.7 Å². The maximum absolute atomic E-state index is 8.61. The Labute approximate surface area is 105 Å². The molecule has 0 aliphatic rings. The largest absolute Gasteiger partial charge is 0.396 e. The molecule has 0 bridgehead atoms. The van der Waals surface area contributed by atoms with E-state index in [1.54, 1.807) is 0 Å². The van der Waals surface area contributed by atoms with Gasteiger partial charge in [0.2, 0.25) is 0 Å². The van der Waals surface area contributed by atoms with Crippen molar-refractivity contribution in [2.75, 3.05) is 18.5 Å². The highest BCUT2D eigenvalue weighted by Crippen LogP contribution is 2.12. The van der Waals surface area contributed by atoms with Crippen molar-refractivity contribution in [3.63, 3.8) is 0 Å². The van der Waals surface area contributed by atoms with Crippen molar-refractivity contribution in [2.24, 2.45) is 0 Å². The number of nitrogens with one attached hydrogen (secondary N) is 1. The molecule has 15 heavy (non-hydrogen) atoms. The van der Waals surface area contributed by atoms with Gasteiger partial charge in [0.05, 0.1) is 0 Å². The lowest BCUT2D eigenvalue weighted by molar-refractivity contribution is 0.283. The first kappa shape index (κ1) is 12.8. The highest BCUT2D eigenvalue weighted by atomic mass is 127. The zero-order valence-corrected chi connectivity index (χ0v) is 11.0. The standard InChI is InChI=1S/C12H18INO/c13-11-6-5-7-12(10-11)14-8-3-1-2-4-9-15/h5-7,10,14-15H,1-4,8-9H2.